The van der Waals surface area contributed by atoms with Crippen LogP contribution in [0.5, 0.6) is 0 Å². The van der Waals surface area contributed by atoms with Crippen molar-refractivity contribution < 1.29 is 47.9 Å². The van der Waals surface area contributed by atoms with Crippen molar-refractivity contribution in [2.75, 3.05) is 33.4 Å². The number of ether oxygens (including phenoxy) is 6. The Morgan fingerprint density at radius 1 is 1.21 bits per heavy atom. The SMILES string of the molecule is CCOC(=O)C1CCCN(C(=O)O[C@@H](C)/C=C\C(=O)N[C@@H]2C[C@H](C)[C@H](C/C=C(C)/C=C/C3O[C@](C)(OC)C[C@@]4(CO4)[C@@H]3O)O[C@@H]2C)C1. The summed E-state index contributed by atoms with van der Waals surface area (Å²) in [4.78, 5) is 39.0. The van der Waals surface area contributed by atoms with Crippen molar-refractivity contribution in [3.05, 3.63) is 36.0 Å². The fourth-order valence-electron chi connectivity index (χ4n) is 6.62. The number of esters is 1. The molecule has 10 atom stereocenters. The quantitative estimate of drug-likeness (QED) is 0.145. The Hall–Kier alpha value is -2.77. The summed E-state index contributed by atoms with van der Waals surface area (Å²) in [5.74, 6) is -1.53. The minimum Gasteiger partial charge on any atom is -0.466 e. The van der Waals surface area contributed by atoms with Crippen LogP contribution in [-0.4, -0.2) is 109 Å². The lowest BCUT2D eigenvalue weighted by Gasteiger charge is -2.42. The number of carbonyl (C=O) groups is 3. The molecule has 1 spiro atoms. The minimum absolute atomic E-state index is 0.00821. The summed E-state index contributed by atoms with van der Waals surface area (Å²) in [6.45, 7) is 13.0. The van der Waals surface area contributed by atoms with E-state index in [1.165, 1.54) is 11.0 Å². The molecule has 0 aromatic carbocycles. The Bertz CT molecular complexity index is 1200. The number of carbonyl (C=O) groups excluding carboxylic acids is 3. The fourth-order valence-corrected chi connectivity index (χ4v) is 6.62. The molecule has 12 heteroatoms. The number of rotatable bonds is 11. The number of nitrogens with one attached hydrogen (secondary N) is 1. The van der Waals surface area contributed by atoms with Crippen molar-refractivity contribution >= 4 is 18.0 Å². The van der Waals surface area contributed by atoms with E-state index >= 15 is 0 Å². The molecule has 264 valence electrons. The molecular weight excluding hydrogens is 608 g/mol. The van der Waals surface area contributed by atoms with Crippen molar-refractivity contribution in [1.29, 1.82) is 0 Å². The molecule has 4 aliphatic heterocycles. The number of methoxy groups -OCH3 is 1. The Kier molecular flexibility index (Phi) is 12.7. The van der Waals surface area contributed by atoms with Gasteiger partial charge in [-0.3, -0.25) is 9.59 Å². The molecule has 0 aliphatic carbocycles. The van der Waals surface area contributed by atoms with Crippen LogP contribution >= 0.6 is 0 Å². The normalized spacial score (nSPS) is 36.8. The molecule has 0 saturated carbocycles. The first-order chi connectivity index (χ1) is 22.3. The molecule has 4 saturated heterocycles. The Balaban J connectivity index is 1.20. The second-order valence-corrected chi connectivity index (χ2v) is 13.6. The molecular formula is C35H54N2O10. The van der Waals surface area contributed by atoms with E-state index in [0.29, 0.717) is 45.4 Å². The van der Waals surface area contributed by atoms with E-state index in [1.54, 1.807) is 27.0 Å². The summed E-state index contributed by atoms with van der Waals surface area (Å²) in [6, 6.07) is -0.161. The van der Waals surface area contributed by atoms with Crippen molar-refractivity contribution in [3.63, 3.8) is 0 Å². The van der Waals surface area contributed by atoms with Crippen LogP contribution in [0.25, 0.3) is 0 Å². The standard InChI is InChI=1S/C35H54N2O10/c1-8-43-32(40)26-10-9-17-37(19-26)33(41)45-24(4)13-16-30(38)36-27-18-23(3)28(46-25(27)5)14-11-22(2)12-15-29-31(39)35(21-44-35)20-34(6,42-7)47-29/h11-13,15-16,23-29,31,39H,8-10,14,17-21H2,1-7H3,(H,36,38)/b15-12+,16-13-,22-11+/t23-,24-,25+,26?,27+,28-,29?,31+,34-,35+/m0/s1. The number of aliphatic hydroxyl groups excluding tert-OH is 1. The van der Waals surface area contributed by atoms with Crippen molar-refractivity contribution in [1.82, 2.24) is 10.2 Å². The van der Waals surface area contributed by atoms with E-state index in [2.05, 4.69) is 18.3 Å². The summed E-state index contributed by atoms with van der Waals surface area (Å²) >= 11 is 0. The Morgan fingerprint density at radius 3 is 2.64 bits per heavy atom. The van der Waals surface area contributed by atoms with Gasteiger partial charge in [0.15, 0.2) is 5.79 Å². The minimum atomic E-state index is -0.818. The lowest BCUT2D eigenvalue weighted by atomic mass is 9.87. The van der Waals surface area contributed by atoms with Gasteiger partial charge in [-0.1, -0.05) is 30.7 Å². The van der Waals surface area contributed by atoms with Gasteiger partial charge in [0.05, 0.1) is 37.4 Å². The number of allylic oxidation sites excluding steroid dienone is 2. The summed E-state index contributed by atoms with van der Waals surface area (Å²) in [6.07, 6.45) is 9.56. The largest absolute Gasteiger partial charge is 0.466 e. The topological polar surface area (TPSA) is 145 Å². The summed E-state index contributed by atoms with van der Waals surface area (Å²) < 4.78 is 34.1. The van der Waals surface area contributed by atoms with E-state index in [-0.39, 0.29) is 48.5 Å². The third-order valence-corrected chi connectivity index (χ3v) is 9.67. The number of likely N-dealkylation sites (tertiary alicyclic amines) is 1. The number of piperidine rings is 1. The van der Waals surface area contributed by atoms with Gasteiger partial charge in [0.2, 0.25) is 5.91 Å². The zero-order valence-electron chi connectivity index (χ0n) is 28.9. The number of nitrogens with zero attached hydrogens (tertiary/aromatic N) is 1. The molecule has 0 aromatic heterocycles. The van der Waals surface area contributed by atoms with Gasteiger partial charge in [-0.15, -0.1) is 0 Å². The number of hydrogen-bond donors (Lipinski definition) is 2. The van der Waals surface area contributed by atoms with Crippen LogP contribution < -0.4 is 5.32 Å². The number of aliphatic hydroxyl groups is 1. The molecule has 4 heterocycles. The summed E-state index contributed by atoms with van der Waals surface area (Å²) in [5.41, 5.74) is 0.420. The molecule has 12 nitrogen and oxygen atoms in total. The average molecular weight is 663 g/mol. The van der Waals surface area contributed by atoms with E-state index in [9.17, 15) is 19.5 Å². The van der Waals surface area contributed by atoms with Crippen LogP contribution in [0.15, 0.2) is 36.0 Å². The zero-order valence-corrected chi connectivity index (χ0v) is 28.9. The van der Waals surface area contributed by atoms with Crippen LogP contribution in [0.1, 0.15) is 73.6 Å². The first kappa shape index (κ1) is 37.1. The maximum atomic E-state index is 12.7. The second kappa shape index (κ2) is 16.1. The molecule has 0 bridgehead atoms. The number of hydrogen-bond acceptors (Lipinski definition) is 10. The highest BCUT2D eigenvalue weighted by Gasteiger charge is 2.61. The van der Waals surface area contributed by atoms with E-state index in [4.69, 9.17) is 28.4 Å². The third-order valence-electron chi connectivity index (χ3n) is 9.67. The van der Waals surface area contributed by atoms with Gasteiger partial charge in [0.25, 0.3) is 0 Å². The monoisotopic (exact) mass is 662 g/mol. The van der Waals surface area contributed by atoms with Gasteiger partial charge < -0.3 is 43.7 Å². The molecule has 4 rings (SSSR count). The summed E-state index contributed by atoms with van der Waals surface area (Å²) in [7, 11) is 1.60. The average Bonchev–Trinajstić information content (AvgIpc) is 3.81. The second-order valence-electron chi connectivity index (χ2n) is 13.6. The van der Waals surface area contributed by atoms with Crippen molar-refractivity contribution in [2.45, 2.75) is 122 Å². The Morgan fingerprint density at radius 2 is 1.96 bits per heavy atom. The molecule has 0 radical (unpaired) electrons. The molecule has 47 heavy (non-hydrogen) atoms. The highest BCUT2D eigenvalue weighted by molar-refractivity contribution is 5.87. The van der Waals surface area contributed by atoms with Gasteiger partial charge >= 0.3 is 12.1 Å². The molecule has 2 N–H and O–H groups in total. The maximum absolute atomic E-state index is 12.7. The molecule has 0 aromatic rings. The van der Waals surface area contributed by atoms with Crippen LogP contribution in [0, 0.1) is 11.8 Å². The van der Waals surface area contributed by atoms with E-state index < -0.39 is 35.8 Å². The van der Waals surface area contributed by atoms with Gasteiger partial charge in [-0.05, 0) is 72.3 Å². The third kappa shape index (κ3) is 9.88. The first-order valence-electron chi connectivity index (χ1n) is 16.9. The van der Waals surface area contributed by atoms with Gasteiger partial charge in [0, 0.05) is 32.7 Å². The van der Waals surface area contributed by atoms with Crippen molar-refractivity contribution in [2.24, 2.45) is 11.8 Å². The van der Waals surface area contributed by atoms with Gasteiger partial charge in [-0.2, -0.15) is 0 Å². The van der Waals surface area contributed by atoms with E-state index in [0.717, 1.165) is 12.0 Å². The van der Waals surface area contributed by atoms with Crippen LogP contribution in [0.4, 0.5) is 4.79 Å². The first-order valence-corrected chi connectivity index (χ1v) is 16.9. The van der Waals surface area contributed by atoms with Gasteiger partial charge in [-0.25, -0.2) is 4.79 Å². The molecule has 2 unspecified atom stereocenters. The predicted molar refractivity (Wildman–Crippen MR) is 173 cm³/mol. The predicted octanol–water partition coefficient (Wildman–Crippen LogP) is 3.82. The maximum Gasteiger partial charge on any atom is 0.410 e. The van der Waals surface area contributed by atoms with Gasteiger partial charge in [0.1, 0.15) is 23.9 Å². The van der Waals surface area contributed by atoms with Crippen molar-refractivity contribution in [3.8, 4) is 0 Å². The molecule has 4 fully saturated rings. The summed E-state index contributed by atoms with van der Waals surface area (Å²) in [5, 5.41) is 13.8. The number of epoxide rings is 1. The highest BCUT2D eigenvalue weighted by atomic mass is 16.7. The lowest BCUT2D eigenvalue weighted by molar-refractivity contribution is -0.284. The van der Waals surface area contributed by atoms with Crippen LogP contribution in [0.3, 0.4) is 0 Å². The smallest absolute Gasteiger partial charge is 0.410 e. The molecule has 2 amide bonds. The molecule has 4 aliphatic rings. The number of amides is 2. The zero-order chi connectivity index (χ0) is 34.4. The lowest BCUT2D eigenvalue weighted by Crippen LogP contribution is -2.55. The fraction of sp³-hybridized carbons (Fsp3) is 0.743. The Labute approximate surface area is 278 Å². The highest BCUT2D eigenvalue weighted by Crippen LogP contribution is 2.46. The van der Waals surface area contributed by atoms with E-state index in [1.807, 2.05) is 32.9 Å². The van der Waals surface area contributed by atoms with Crippen LogP contribution in [-0.2, 0) is 38.0 Å². The van der Waals surface area contributed by atoms with Crippen LogP contribution in [0.2, 0.25) is 0 Å².